The molecule has 0 amide bonds. The summed E-state index contributed by atoms with van der Waals surface area (Å²) in [6.07, 6.45) is 9.75. The summed E-state index contributed by atoms with van der Waals surface area (Å²) in [5.74, 6) is 0.808. The maximum Gasteiger partial charge on any atom is 0.191 e. The van der Waals surface area contributed by atoms with E-state index >= 15 is 0 Å². The Morgan fingerprint density at radius 3 is 2.95 bits per heavy atom. The minimum Gasteiger partial charge on any atom is -0.378 e. The van der Waals surface area contributed by atoms with Crippen molar-refractivity contribution in [2.75, 3.05) is 20.2 Å². The second kappa shape index (κ2) is 9.39. The summed E-state index contributed by atoms with van der Waals surface area (Å²) < 4.78 is 5.90. The molecule has 1 aliphatic rings. The van der Waals surface area contributed by atoms with Gasteiger partial charge >= 0.3 is 0 Å². The van der Waals surface area contributed by atoms with Crippen molar-refractivity contribution in [2.45, 2.75) is 51.2 Å². The van der Waals surface area contributed by atoms with Gasteiger partial charge < -0.3 is 15.4 Å². The molecular formula is C15H27N5O. The molecule has 1 fully saturated rings. The van der Waals surface area contributed by atoms with E-state index in [1.165, 1.54) is 32.1 Å². The van der Waals surface area contributed by atoms with E-state index in [2.05, 4.69) is 25.8 Å². The van der Waals surface area contributed by atoms with E-state index in [-0.39, 0.29) is 0 Å². The number of hydrogen-bond donors (Lipinski definition) is 3. The van der Waals surface area contributed by atoms with Crippen LogP contribution < -0.4 is 10.6 Å². The molecule has 0 aliphatic heterocycles. The lowest BCUT2D eigenvalue weighted by atomic mass is 9.98. The average molecular weight is 293 g/mol. The van der Waals surface area contributed by atoms with Gasteiger partial charge in [-0.1, -0.05) is 19.3 Å². The number of hydrogen-bond acceptors (Lipinski definition) is 3. The highest BCUT2D eigenvalue weighted by Crippen LogP contribution is 2.20. The van der Waals surface area contributed by atoms with Crippen molar-refractivity contribution in [3.05, 3.63) is 18.0 Å². The van der Waals surface area contributed by atoms with Gasteiger partial charge in [-0.3, -0.25) is 10.1 Å². The van der Waals surface area contributed by atoms with Crippen molar-refractivity contribution in [1.82, 2.24) is 20.8 Å². The Labute approximate surface area is 126 Å². The van der Waals surface area contributed by atoms with Crippen molar-refractivity contribution in [3.63, 3.8) is 0 Å². The summed E-state index contributed by atoms with van der Waals surface area (Å²) in [5, 5.41) is 13.4. The molecule has 6 nitrogen and oxygen atoms in total. The molecule has 1 saturated carbocycles. The van der Waals surface area contributed by atoms with Crippen LogP contribution in [0.4, 0.5) is 0 Å². The summed E-state index contributed by atoms with van der Waals surface area (Å²) in [6.45, 7) is 2.39. The van der Waals surface area contributed by atoms with Gasteiger partial charge in [0.2, 0.25) is 0 Å². The topological polar surface area (TPSA) is 74.3 Å². The van der Waals surface area contributed by atoms with Gasteiger partial charge in [0.05, 0.1) is 18.3 Å². The van der Waals surface area contributed by atoms with Gasteiger partial charge in [-0.15, -0.1) is 0 Å². The smallest absolute Gasteiger partial charge is 0.191 e. The molecule has 0 aromatic carbocycles. The SMILES string of the molecule is CN=C(NCCCOC1CCCCC1)NCc1ccn[nH]1. The van der Waals surface area contributed by atoms with Crippen LogP contribution in [-0.4, -0.2) is 42.5 Å². The number of H-pyrrole nitrogens is 1. The zero-order chi connectivity index (χ0) is 14.8. The van der Waals surface area contributed by atoms with E-state index < -0.39 is 0 Å². The van der Waals surface area contributed by atoms with Crippen LogP contribution in [0.5, 0.6) is 0 Å². The molecule has 0 radical (unpaired) electrons. The van der Waals surface area contributed by atoms with Crippen LogP contribution in [0.1, 0.15) is 44.2 Å². The van der Waals surface area contributed by atoms with Crippen LogP contribution in [0, 0.1) is 0 Å². The third-order valence-electron chi connectivity index (χ3n) is 3.75. The number of aromatic nitrogens is 2. The highest BCUT2D eigenvalue weighted by atomic mass is 16.5. The molecule has 0 saturated heterocycles. The monoisotopic (exact) mass is 293 g/mol. The predicted octanol–water partition coefficient (Wildman–Crippen LogP) is 1.81. The first-order valence-electron chi connectivity index (χ1n) is 7.93. The van der Waals surface area contributed by atoms with Crippen LogP contribution in [0.2, 0.25) is 0 Å². The predicted molar refractivity (Wildman–Crippen MR) is 84.2 cm³/mol. The first-order chi connectivity index (χ1) is 10.4. The Morgan fingerprint density at radius 2 is 2.24 bits per heavy atom. The maximum absolute atomic E-state index is 5.90. The van der Waals surface area contributed by atoms with E-state index in [1.807, 2.05) is 6.07 Å². The van der Waals surface area contributed by atoms with Gasteiger partial charge in [-0.2, -0.15) is 5.10 Å². The Balaban J connectivity index is 1.51. The van der Waals surface area contributed by atoms with E-state index in [0.29, 0.717) is 12.6 Å². The lowest BCUT2D eigenvalue weighted by Crippen LogP contribution is -2.37. The number of guanidine groups is 1. The molecule has 1 aliphatic carbocycles. The lowest BCUT2D eigenvalue weighted by Gasteiger charge is -2.22. The fourth-order valence-corrected chi connectivity index (χ4v) is 2.54. The second-order valence-corrected chi connectivity index (χ2v) is 5.42. The molecule has 1 aromatic heterocycles. The van der Waals surface area contributed by atoms with Crippen molar-refractivity contribution in [1.29, 1.82) is 0 Å². The lowest BCUT2D eigenvalue weighted by molar-refractivity contribution is 0.0277. The number of nitrogens with zero attached hydrogens (tertiary/aromatic N) is 2. The van der Waals surface area contributed by atoms with Gasteiger partial charge in [0.1, 0.15) is 0 Å². The number of aliphatic imine (C=N–C) groups is 1. The van der Waals surface area contributed by atoms with Crippen LogP contribution in [-0.2, 0) is 11.3 Å². The molecular weight excluding hydrogens is 266 g/mol. The number of ether oxygens (including phenoxy) is 1. The van der Waals surface area contributed by atoms with Crippen LogP contribution in [0.15, 0.2) is 17.3 Å². The minimum absolute atomic E-state index is 0.497. The number of rotatable bonds is 7. The molecule has 1 heterocycles. The average Bonchev–Trinajstić information content (AvgIpc) is 3.04. The summed E-state index contributed by atoms with van der Waals surface area (Å²) in [6, 6.07) is 1.94. The van der Waals surface area contributed by atoms with Gasteiger partial charge in [0.15, 0.2) is 5.96 Å². The zero-order valence-electron chi connectivity index (χ0n) is 12.9. The first-order valence-corrected chi connectivity index (χ1v) is 7.93. The van der Waals surface area contributed by atoms with Crippen LogP contribution >= 0.6 is 0 Å². The normalized spacial score (nSPS) is 16.9. The quantitative estimate of drug-likeness (QED) is 0.407. The summed E-state index contributed by atoms with van der Waals surface area (Å²) in [7, 11) is 1.78. The number of aromatic amines is 1. The van der Waals surface area contributed by atoms with Crippen molar-refractivity contribution in [3.8, 4) is 0 Å². The van der Waals surface area contributed by atoms with Gasteiger partial charge in [0.25, 0.3) is 0 Å². The van der Waals surface area contributed by atoms with Gasteiger partial charge in [-0.05, 0) is 25.3 Å². The summed E-state index contributed by atoms with van der Waals surface area (Å²) in [4.78, 5) is 4.19. The van der Waals surface area contributed by atoms with E-state index in [9.17, 15) is 0 Å². The van der Waals surface area contributed by atoms with E-state index in [4.69, 9.17) is 4.74 Å². The maximum atomic E-state index is 5.90. The highest BCUT2D eigenvalue weighted by Gasteiger charge is 2.12. The fraction of sp³-hybridized carbons (Fsp3) is 0.733. The molecule has 0 bridgehead atoms. The van der Waals surface area contributed by atoms with E-state index in [0.717, 1.165) is 31.2 Å². The largest absolute Gasteiger partial charge is 0.378 e. The standard InChI is InChI=1S/C15H27N5O/c1-16-15(18-12-13-8-10-19-20-13)17-9-5-11-21-14-6-3-2-4-7-14/h8,10,14H,2-7,9,11-12H2,1H3,(H,19,20)(H2,16,17,18). The molecule has 21 heavy (non-hydrogen) atoms. The Hall–Kier alpha value is -1.56. The second-order valence-electron chi connectivity index (χ2n) is 5.42. The Kier molecular flexibility index (Phi) is 7.07. The fourth-order valence-electron chi connectivity index (χ4n) is 2.54. The van der Waals surface area contributed by atoms with E-state index in [1.54, 1.807) is 13.2 Å². The van der Waals surface area contributed by atoms with Gasteiger partial charge in [0, 0.05) is 26.4 Å². The molecule has 2 rings (SSSR count). The molecule has 0 unspecified atom stereocenters. The molecule has 0 spiro atoms. The highest BCUT2D eigenvalue weighted by molar-refractivity contribution is 5.79. The Morgan fingerprint density at radius 1 is 1.38 bits per heavy atom. The summed E-state index contributed by atoms with van der Waals surface area (Å²) in [5.41, 5.74) is 1.04. The third kappa shape index (κ3) is 6.16. The van der Waals surface area contributed by atoms with Crippen molar-refractivity contribution >= 4 is 5.96 Å². The Bertz CT molecular complexity index is 398. The summed E-state index contributed by atoms with van der Waals surface area (Å²) >= 11 is 0. The molecule has 3 N–H and O–H groups in total. The van der Waals surface area contributed by atoms with Crippen molar-refractivity contribution in [2.24, 2.45) is 4.99 Å². The van der Waals surface area contributed by atoms with Crippen molar-refractivity contribution < 1.29 is 4.74 Å². The third-order valence-corrected chi connectivity index (χ3v) is 3.75. The molecule has 0 atom stereocenters. The molecule has 118 valence electrons. The van der Waals surface area contributed by atoms with Gasteiger partial charge in [-0.25, -0.2) is 0 Å². The van der Waals surface area contributed by atoms with Crippen LogP contribution in [0.3, 0.4) is 0 Å². The zero-order valence-corrected chi connectivity index (χ0v) is 12.9. The molecule has 1 aromatic rings. The van der Waals surface area contributed by atoms with Crippen LogP contribution in [0.25, 0.3) is 0 Å². The first kappa shape index (κ1) is 15.8. The number of nitrogens with one attached hydrogen (secondary N) is 3. The minimum atomic E-state index is 0.497. The molecule has 6 heteroatoms.